The number of carbonyl (C=O) groups excluding carboxylic acids is 1. The summed E-state index contributed by atoms with van der Waals surface area (Å²) in [5.41, 5.74) is 2.18. The maximum atomic E-state index is 12.3. The third kappa shape index (κ3) is 2.95. The van der Waals surface area contributed by atoms with Crippen molar-refractivity contribution in [3.05, 3.63) is 40.9 Å². The van der Waals surface area contributed by atoms with Crippen molar-refractivity contribution < 1.29 is 4.79 Å². The van der Waals surface area contributed by atoms with Gasteiger partial charge in [0, 0.05) is 36.4 Å². The first-order valence-electron chi connectivity index (χ1n) is 7.68. The van der Waals surface area contributed by atoms with E-state index in [1.807, 2.05) is 18.2 Å². The standard InChI is InChI=1S/C17H19ClN2O.BH3/c18-14-1-3-15(4-2-14)19-17(21)7-16-12-5-11-6-13(16)10-20(8-11)9-12;/h1-4,7,11-13H,5-6,8-10H2,(H,19,21);1H3. The first kappa shape index (κ1) is 15.6. The van der Waals surface area contributed by atoms with Gasteiger partial charge in [0.1, 0.15) is 0 Å². The third-order valence-corrected chi connectivity index (χ3v) is 5.31. The molecule has 5 heteroatoms. The van der Waals surface area contributed by atoms with Gasteiger partial charge in [0.05, 0.1) is 8.41 Å². The van der Waals surface area contributed by atoms with E-state index in [-0.39, 0.29) is 14.3 Å². The van der Waals surface area contributed by atoms with Crippen LogP contribution in [0.25, 0.3) is 0 Å². The van der Waals surface area contributed by atoms with E-state index in [0.717, 1.165) is 24.7 Å². The normalized spacial score (nSPS) is 31.6. The summed E-state index contributed by atoms with van der Waals surface area (Å²) in [5.74, 6) is 2.06. The molecule has 5 rings (SSSR count). The molecule has 1 aliphatic carbocycles. The van der Waals surface area contributed by atoms with Gasteiger partial charge in [0.2, 0.25) is 5.91 Å². The summed E-state index contributed by atoms with van der Waals surface area (Å²) in [4.78, 5) is 14.8. The van der Waals surface area contributed by atoms with Crippen LogP contribution in [0.3, 0.4) is 0 Å². The fourth-order valence-electron chi connectivity index (χ4n) is 4.33. The molecule has 0 aromatic heterocycles. The highest BCUT2D eigenvalue weighted by Crippen LogP contribution is 2.46. The fraction of sp³-hybridized carbons (Fsp3) is 0.471. The molecular weight excluding hydrogens is 294 g/mol. The molecule has 22 heavy (non-hydrogen) atoms. The van der Waals surface area contributed by atoms with Crippen molar-refractivity contribution in [3.63, 3.8) is 0 Å². The van der Waals surface area contributed by atoms with Crippen LogP contribution in [0, 0.1) is 17.8 Å². The average Bonchev–Trinajstić information content (AvgIpc) is 2.45. The monoisotopic (exact) mass is 316 g/mol. The minimum absolute atomic E-state index is 0. The maximum Gasteiger partial charge on any atom is 0.248 e. The van der Waals surface area contributed by atoms with E-state index in [1.165, 1.54) is 25.0 Å². The number of amides is 1. The molecule has 4 aliphatic rings. The van der Waals surface area contributed by atoms with Crippen LogP contribution in [0.15, 0.2) is 35.9 Å². The molecular formula is C17H22BClN2O. The SMILES string of the molecule is B.O=C(C=C1C2CC3CC1CN(C3)C2)Nc1ccc(Cl)cc1. The Balaban J connectivity index is 0.00000144. The van der Waals surface area contributed by atoms with E-state index in [0.29, 0.717) is 16.9 Å². The van der Waals surface area contributed by atoms with Crippen molar-refractivity contribution in [1.82, 2.24) is 4.90 Å². The van der Waals surface area contributed by atoms with Gasteiger partial charge in [0.15, 0.2) is 0 Å². The number of hydrogen-bond donors (Lipinski definition) is 1. The molecule has 116 valence electrons. The zero-order valence-electron chi connectivity index (χ0n) is 11.9. The molecule has 1 amide bonds. The van der Waals surface area contributed by atoms with Gasteiger partial charge in [0.25, 0.3) is 0 Å². The van der Waals surface area contributed by atoms with Crippen molar-refractivity contribution in [2.24, 2.45) is 17.8 Å². The van der Waals surface area contributed by atoms with Gasteiger partial charge in [-0.25, -0.2) is 0 Å². The van der Waals surface area contributed by atoms with Crippen LogP contribution in [-0.2, 0) is 4.79 Å². The summed E-state index contributed by atoms with van der Waals surface area (Å²) in [6, 6.07) is 7.25. The van der Waals surface area contributed by atoms with Crippen LogP contribution in [0.5, 0.6) is 0 Å². The summed E-state index contributed by atoms with van der Waals surface area (Å²) in [6.45, 7) is 3.57. The first-order valence-corrected chi connectivity index (χ1v) is 8.05. The van der Waals surface area contributed by atoms with Gasteiger partial charge in [-0.1, -0.05) is 17.2 Å². The largest absolute Gasteiger partial charge is 0.323 e. The van der Waals surface area contributed by atoms with Gasteiger partial charge in [-0.05, 0) is 54.9 Å². The lowest BCUT2D eigenvalue weighted by molar-refractivity contribution is -0.112. The molecule has 3 nitrogen and oxygen atoms in total. The van der Waals surface area contributed by atoms with Crippen molar-refractivity contribution in [3.8, 4) is 0 Å². The molecule has 2 atom stereocenters. The Kier molecular flexibility index (Phi) is 4.33. The Morgan fingerprint density at radius 1 is 1.14 bits per heavy atom. The number of piperidine rings is 3. The molecule has 3 aliphatic heterocycles. The predicted molar refractivity (Wildman–Crippen MR) is 94.2 cm³/mol. The van der Waals surface area contributed by atoms with Gasteiger partial charge in [-0.2, -0.15) is 0 Å². The van der Waals surface area contributed by atoms with Crippen LogP contribution in [-0.4, -0.2) is 38.9 Å². The Labute approximate surface area is 138 Å². The molecule has 3 heterocycles. The molecule has 1 aromatic carbocycles. The van der Waals surface area contributed by atoms with Crippen molar-refractivity contribution in [2.75, 3.05) is 25.0 Å². The topological polar surface area (TPSA) is 32.3 Å². The minimum Gasteiger partial charge on any atom is -0.323 e. The quantitative estimate of drug-likeness (QED) is 0.668. The second kappa shape index (κ2) is 6.09. The number of benzene rings is 1. The van der Waals surface area contributed by atoms with E-state index in [2.05, 4.69) is 10.2 Å². The fourth-order valence-corrected chi connectivity index (χ4v) is 4.45. The lowest BCUT2D eigenvalue weighted by Gasteiger charge is -2.53. The third-order valence-electron chi connectivity index (χ3n) is 5.06. The smallest absolute Gasteiger partial charge is 0.248 e. The van der Waals surface area contributed by atoms with E-state index >= 15 is 0 Å². The molecule has 0 spiro atoms. The van der Waals surface area contributed by atoms with Gasteiger partial charge < -0.3 is 10.2 Å². The van der Waals surface area contributed by atoms with E-state index in [1.54, 1.807) is 12.1 Å². The summed E-state index contributed by atoms with van der Waals surface area (Å²) in [6.07, 6.45) is 4.41. The zero-order valence-corrected chi connectivity index (χ0v) is 12.6. The summed E-state index contributed by atoms with van der Waals surface area (Å²) < 4.78 is 0. The van der Waals surface area contributed by atoms with Gasteiger partial charge >= 0.3 is 0 Å². The van der Waals surface area contributed by atoms with Crippen molar-refractivity contribution in [1.29, 1.82) is 0 Å². The van der Waals surface area contributed by atoms with Crippen molar-refractivity contribution >= 4 is 31.6 Å². The highest BCUT2D eigenvalue weighted by atomic mass is 35.5. The van der Waals surface area contributed by atoms with Crippen LogP contribution >= 0.6 is 11.6 Å². The number of nitrogens with zero attached hydrogens (tertiary/aromatic N) is 1. The minimum atomic E-state index is -0.00482. The van der Waals surface area contributed by atoms with Gasteiger partial charge in [-0.3, -0.25) is 4.79 Å². The Bertz CT molecular complexity index is 569. The van der Waals surface area contributed by atoms with Crippen LogP contribution in [0.1, 0.15) is 12.8 Å². The predicted octanol–water partition coefficient (Wildman–Crippen LogP) is 1.99. The molecule has 2 unspecified atom stereocenters. The Morgan fingerprint density at radius 3 is 2.36 bits per heavy atom. The van der Waals surface area contributed by atoms with Crippen LogP contribution in [0.4, 0.5) is 5.69 Å². The molecule has 1 N–H and O–H groups in total. The number of anilines is 1. The molecule has 3 saturated heterocycles. The van der Waals surface area contributed by atoms with E-state index in [4.69, 9.17) is 11.6 Å². The number of nitrogens with one attached hydrogen (secondary N) is 1. The molecule has 0 radical (unpaired) electrons. The molecule has 1 saturated carbocycles. The first-order chi connectivity index (χ1) is 10.2. The lowest BCUT2D eigenvalue weighted by atomic mass is 9.65. The molecule has 4 bridgehead atoms. The summed E-state index contributed by atoms with van der Waals surface area (Å²) >= 11 is 5.86. The summed E-state index contributed by atoms with van der Waals surface area (Å²) in [5, 5.41) is 3.62. The molecule has 4 fully saturated rings. The average molecular weight is 317 g/mol. The van der Waals surface area contributed by atoms with Gasteiger partial charge in [-0.15, -0.1) is 0 Å². The second-order valence-electron chi connectivity index (χ2n) is 6.59. The lowest BCUT2D eigenvalue weighted by Crippen LogP contribution is -2.54. The zero-order chi connectivity index (χ0) is 14.4. The highest BCUT2D eigenvalue weighted by molar-refractivity contribution is 6.30. The van der Waals surface area contributed by atoms with Crippen molar-refractivity contribution in [2.45, 2.75) is 12.8 Å². The van der Waals surface area contributed by atoms with E-state index < -0.39 is 0 Å². The molecule has 1 aromatic rings. The summed E-state index contributed by atoms with van der Waals surface area (Å²) in [7, 11) is 0. The Hall–Kier alpha value is -1.26. The number of halogens is 1. The Morgan fingerprint density at radius 2 is 1.77 bits per heavy atom. The van der Waals surface area contributed by atoms with Crippen LogP contribution in [0.2, 0.25) is 5.02 Å². The van der Waals surface area contributed by atoms with E-state index in [9.17, 15) is 4.79 Å². The number of hydrogen-bond acceptors (Lipinski definition) is 2. The highest BCUT2D eigenvalue weighted by Gasteiger charge is 2.44. The second-order valence-corrected chi connectivity index (χ2v) is 7.03. The number of carbonyl (C=O) groups is 1. The number of rotatable bonds is 2. The maximum absolute atomic E-state index is 12.3. The van der Waals surface area contributed by atoms with Crippen LogP contribution < -0.4 is 5.32 Å².